The zero-order valence-corrected chi connectivity index (χ0v) is 10.5. The molecule has 1 aliphatic rings. The Balaban J connectivity index is 2.30. The van der Waals surface area contributed by atoms with Crippen LogP contribution in [0.25, 0.3) is 0 Å². The van der Waals surface area contributed by atoms with Gasteiger partial charge in [-0.05, 0) is 18.2 Å². The second-order valence-corrected chi connectivity index (χ2v) is 6.08. The van der Waals surface area contributed by atoms with E-state index in [2.05, 4.69) is 10.0 Å². The van der Waals surface area contributed by atoms with E-state index in [-0.39, 0.29) is 16.0 Å². The first kappa shape index (κ1) is 12.1. The summed E-state index contributed by atoms with van der Waals surface area (Å²) in [4.78, 5) is 0.0218. The van der Waals surface area contributed by atoms with Gasteiger partial charge in [0.05, 0.1) is 5.02 Å². The molecule has 0 aromatic heterocycles. The zero-order chi connectivity index (χ0) is 11.8. The first-order chi connectivity index (χ1) is 7.49. The fourth-order valence-electron chi connectivity index (χ4n) is 1.34. The number of hydrogen-bond donors (Lipinski definition) is 2. The van der Waals surface area contributed by atoms with E-state index in [0.717, 1.165) is 0 Å². The van der Waals surface area contributed by atoms with Crippen molar-refractivity contribution in [1.29, 1.82) is 0 Å². The molecule has 0 radical (unpaired) electrons. The SMILES string of the molecule is O=S(=O)(NC1CNC1)c1cc(Cl)ccc1Cl. The van der Waals surface area contributed by atoms with E-state index in [1.54, 1.807) is 6.07 Å². The predicted molar refractivity (Wildman–Crippen MR) is 63.4 cm³/mol. The van der Waals surface area contributed by atoms with Crippen LogP contribution >= 0.6 is 23.2 Å². The Kier molecular flexibility index (Phi) is 3.42. The Morgan fingerprint density at radius 2 is 2.00 bits per heavy atom. The Morgan fingerprint density at radius 3 is 2.56 bits per heavy atom. The van der Waals surface area contributed by atoms with Crippen molar-refractivity contribution in [3.63, 3.8) is 0 Å². The van der Waals surface area contributed by atoms with Gasteiger partial charge >= 0.3 is 0 Å². The van der Waals surface area contributed by atoms with Crippen molar-refractivity contribution >= 4 is 33.2 Å². The van der Waals surface area contributed by atoms with Crippen molar-refractivity contribution in [2.45, 2.75) is 10.9 Å². The maximum Gasteiger partial charge on any atom is 0.242 e. The van der Waals surface area contributed by atoms with Crippen LogP contribution < -0.4 is 10.0 Å². The normalized spacial score (nSPS) is 17.1. The molecule has 0 amide bonds. The minimum atomic E-state index is -3.58. The molecule has 1 aromatic carbocycles. The fraction of sp³-hybridized carbons (Fsp3) is 0.333. The quantitative estimate of drug-likeness (QED) is 0.876. The number of halogens is 2. The monoisotopic (exact) mass is 280 g/mol. The molecule has 0 spiro atoms. The molecule has 0 unspecified atom stereocenters. The van der Waals surface area contributed by atoms with Crippen LogP contribution in [-0.2, 0) is 10.0 Å². The molecule has 1 saturated heterocycles. The molecule has 0 bridgehead atoms. The summed E-state index contributed by atoms with van der Waals surface area (Å²) in [5.41, 5.74) is 0. The lowest BCUT2D eigenvalue weighted by atomic mass is 10.2. The third kappa shape index (κ3) is 2.49. The van der Waals surface area contributed by atoms with Gasteiger partial charge in [-0.1, -0.05) is 23.2 Å². The van der Waals surface area contributed by atoms with Crippen LogP contribution in [0.3, 0.4) is 0 Å². The molecular formula is C9H10Cl2N2O2S. The largest absolute Gasteiger partial charge is 0.313 e. The second-order valence-electron chi connectivity index (χ2n) is 3.55. The summed E-state index contributed by atoms with van der Waals surface area (Å²) in [6.07, 6.45) is 0. The molecule has 1 aromatic rings. The van der Waals surface area contributed by atoms with E-state index in [9.17, 15) is 8.42 Å². The lowest BCUT2D eigenvalue weighted by molar-refractivity contribution is 0.410. The summed E-state index contributed by atoms with van der Waals surface area (Å²) < 4.78 is 26.4. The lowest BCUT2D eigenvalue weighted by Gasteiger charge is -2.27. The molecular weight excluding hydrogens is 271 g/mol. The van der Waals surface area contributed by atoms with Crippen LogP contribution in [-0.4, -0.2) is 27.5 Å². The third-order valence-electron chi connectivity index (χ3n) is 2.29. The second kappa shape index (κ2) is 4.50. The maximum atomic E-state index is 11.9. The van der Waals surface area contributed by atoms with E-state index in [1.165, 1.54) is 12.1 Å². The number of sulfonamides is 1. The standard InChI is InChI=1S/C9H10Cl2N2O2S/c10-6-1-2-8(11)9(3-6)16(14,15)13-7-4-12-5-7/h1-3,7,12-13H,4-5H2. The molecule has 0 aliphatic carbocycles. The molecule has 1 fully saturated rings. The minimum absolute atomic E-state index is 0.0218. The van der Waals surface area contributed by atoms with Gasteiger partial charge in [0.15, 0.2) is 0 Å². The van der Waals surface area contributed by atoms with Gasteiger partial charge < -0.3 is 5.32 Å². The van der Waals surface area contributed by atoms with Crippen molar-refractivity contribution in [3.05, 3.63) is 28.2 Å². The molecule has 1 heterocycles. The van der Waals surface area contributed by atoms with Gasteiger partial charge in [-0.3, -0.25) is 0 Å². The number of rotatable bonds is 3. The minimum Gasteiger partial charge on any atom is -0.313 e. The van der Waals surface area contributed by atoms with Crippen molar-refractivity contribution in [1.82, 2.24) is 10.0 Å². The molecule has 2 N–H and O–H groups in total. The summed E-state index contributed by atoms with van der Waals surface area (Å²) in [7, 11) is -3.58. The van der Waals surface area contributed by atoms with Gasteiger partial charge in [-0.2, -0.15) is 0 Å². The highest BCUT2D eigenvalue weighted by Crippen LogP contribution is 2.25. The van der Waals surface area contributed by atoms with Gasteiger partial charge in [0, 0.05) is 24.2 Å². The van der Waals surface area contributed by atoms with E-state index >= 15 is 0 Å². The Hall–Kier alpha value is -0.330. The molecule has 0 atom stereocenters. The summed E-state index contributed by atoms with van der Waals surface area (Å²) in [5.74, 6) is 0. The first-order valence-electron chi connectivity index (χ1n) is 4.67. The molecule has 1 aliphatic heterocycles. The Morgan fingerprint density at radius 1 is 1.31 bits per heavy atom. The van der Waals surface area contributed by atoms with E-state index in [0.29, 0.717) is 18.1 Å². The van der Waals surface area contributed by atoms with Gasteiger partial charge in [-0.25, -0.2) is 13.1 Å². The fourth-order valence-corrected chi connectivity index (χ4v) is 3.34. The Labute approximate surface area is 104 Å². The van der Waals surface area contributed by atoms with E-state index in [4.69, 9.17) is 23.2 Å². The van der Waals surface area contributed by atoms with E-state index in [1.807, 2.05) is 0 Å². The smallest absolute Gasteiger partial charge is 0.242 e. The summed E-state index contributed by atoms with van der Waals surface area (Å²) in [5, 5.41) is 3.49. The predicted octanol–water partition coefficient (Wildman–Crippen LogP) is 1.24. The number of nitrogens with one attached hydrogen (secondary N) is 2. The van der Waals surface area contributed by atoms with Crippen LogP contribution in [0, 0.1) is 0 Å². The van der Waals surface area contributed by atoms with Crippen LogP contribution in [0.4, 0.5) is 0 Å². The number of hydrogen-bond acceptors (Lipinski definition) is 3. The molecule has 88 valence electrons. The van der Waals surface area contributed by atoms with Gasteiger partial charge in [-0.15, -0.1) is 0 Å². The lowest BCUT2D eigenvalue weighted by Crippen LogP contribution is -2.56. The van der Waals surface area contributed by atoms with E-state index < -0.39 is 10.0 Å². The van der Waals surface area contributed by atoms with Crippen LogP contribution in [0.1, 0.15) is 0 Å². The van der Waals surface area contributed by atoms with Crippen molar-refractivity contribution in [3.8, 4) is 0 Å². The summed E-state index contributed by atoms with van der Waals surface area (Å²) in [6.45, 7) is 1.27. The topological polar surface area (TPSA) is 58.2 Å². The first-order valence-corrected chi connectivity index (χ1v) is 6.91. The van der Waals surface area contributed by atoms with Gasteiger partial charge in [0.2, 0.25) is 10.0 Å². The number of benzene rings is 1. The summed E-state index contributed by atoms with van der Waals surface area (Å²) >= 11 is 11.6. The van der Waals surface area contributed by atoms with Crippen LogP contribution in [0.2, 0.25) is 10.0 Å². The average molecular weight is 281 g/mol. The van der Waals surface area contributed by atoms with Crippen LogP contribution in [0.15, 0.2) is 23.1 Å². The van der Waals surface area contributed by atoms with Crippen molar-refractivity contribution in [2.24, 2.45) is 0 Å². The summed E-state index contributed by atoms with van der Waals surface area (Å²) in [6, 6.07) is 4.30. The maximum absolute atomic E-state index is 11.9. The third-order valence-corrected chi connectivity index (χ3v) is 4.52. The zero-order valence-electron chi connectivity index (χ0n) is 8.20. The van der Waals surface area contributed by atoms with Gasteiger partial charge in [0.25, 0.3) is 0 Å². The average Bonchev–Trinajstić information content (AvgIpc) is 2.16. The highest BCUT2D eigenvalue weighted by atomic mass is 35.5. The van der Waals surface area contributed by atoms with Crippen molar-refractivity contribution < 1.29 is 8.42 Å². The Bertz CT molecular complexity index is 500. The van der Waals surface area contributed by atoms with Crippen molar-refractivity contribution in [2.75, 3.05) is 13.1 Å². The molecule has 4 nitrogen and oxygen atoms in total. The molecule has 7 heteroatoms. The highest BCUT2D eigenvalue weighted by Gasteiger charge is 2.26. The van der Waals surface area contributed by atoms with Gasteiger partial charge in [0.1, 0.15) is 4.90 Å². The van der Waals surface area contributed by atoms with Crippen LogP contribution in [0.5, 0.6) is 0 Å². The highest BCUT2D eigenvalue weighted by molar-refractivity contribution is 7.89. The molecule has 0 saturated carbocycles. The molecule has 16 heavy (non-hydrogen) atoms. The molecule has 2 rings (SSSR count).